The summed E-state index contributed by atoms with van der Waals surface area (Å²) in [5, 5.41) is 10.6. The highest BCUT2D eigenvalue weighted by Crippen LogP contribution is 2.32. The molecule has 0 aliphatic carbocycles. The molecule has 1 fully saturated rings. The van der Waals surface area contributed by atoms with Crippen molar-refractivity contribution in [1.29, 1.82) is 0 Å². The number of halogens is 3. The van der Waals surface area contributed by atoms with E-state index in [0.29, 0.717) is 12.8 Å². The largest absolute Gasteiger partial charge is 0.490 e. The quantitative estimate of drug-likeness (QED) is 0.385. The highest BCUT2D eigenvalue weighted by atomic mass is 32.2. The molecule has 0 aromatic heterocycles. The Kier molecular flexibility index (Phi) is 8.50. The van der Waals surface area contributed by atoms with Crippen molar-refractivity contribution in [2.45, 2.75) is 55.8 Å². The molecule has 198 valence electrons. The molecule has 2 aromatic carbocycles. The number of ether oxygens (including phenoxy) is 1. The molecule has 0 bridgehead atoms. The van der Waals surface area contributed by atoms with Crippen molar-refractivity contribution in [2.24, 2.45) is 0 Å². The summed E-state index contributed by atoms with van der Waals surface area (Å²) in [7, 11) is -6.17. The summed E-state index contributed by atoms with van der Waals surface area (Å²) in [6, 6.07) is 10.1. The second-order valence-electron chi connectivity index (χ2n) is 9.36. The lowest BCUT2D eigenvalue weighted by Gasteiger charge is -2.32. The molecule has 2 aromatic rings. The predicted octanol–water partition coefficient (Wildman–Crippen LogP) is 3.85. The van der Waals surface area contributed by atoms with Crippen LogP contribution in [0.5, 0.6) is 5.75 Å². The summed E-state index contributed by atoms with van der Waals surface area (Å²) < 4.78 is 77.2. The second kappa shape index (κ2) is 10.9. The molecule has 1 aliphatic heterocycles. The van der Waals surface area contributed by atoms with E-state index in [4.69, 9.17) is 9.26 Å². The van der Waals surface area contributed by atoms with E-state index in [-0.39, 0.29) is 35.4 Å². The van der Waals surface area contributed by atoms with Crippen molar-refractivity contribution >= 4 is 24.2 Å². The van der Waals surface area contributed by atoms with Crippen molar-refractivity contribution in [2.75, 3.05) is 13.1 Å². The normalized spacial score (nSPS) is 17.0. The molecular formula is C23H29F3N2O6SSi. The Labute approximate surface area is 209 Å². The molecule has 2 N–H and O–H groups in total. The van der Waals surface area contributed by atoms with Crippen LogP contribution in [-0.4, -0.2) is 51.2 Å². The van der Waals surface area contributed by atoms with Crippen LogP contribution in [0.25, 0.3) is 0 Å². The van der Waals surface area contributed by atoms with E-state index in [1.165, 1.54) is 40.7 Å². The first-order valence-electron chi connectivity index (χ1n) is 11.3. The molecule has 8 nitrogen and oxygen atoms in total. The van der Waals surface area contributed by atoms with E-state index in [2.05, 4.69) is 5.48 Å². The second-order valence-corrected chi connectivity index (χ2v) is 15.7. The molecule has 36 heavy (non-hydrogen) atoms. The van der Waals surface area contributed by atoms with Crippen molar-refractivity contribution in [3.63, 3.8) is 0 Å². The Morgan fingerprint density at radius 2 is 1.67 bits per heavy atom. The SMILES string of the molecule is C[Si](C)(C)ONC(=O)C(O)c1ccccc1S(=O)(=O)N1CCC(Oc2ccc(C(F)(F)F)cc2)CC1. The molecule has 0 saturated carbocycles. The van der Waals surface area contributed by atoms with Crippen LogP contribution in [0.2, 0.25) is 19.6 Å². The minimum Gasteiger partial charge on any atom is -0.490 e. The van der Waals surface area contributed by atoms with Gasteiger partial charge in [0, 0.05) is 18.7 Å². The minimum atomic E-state index is -4.44. The van der Waals surface area contributed by atoms with E-state index >= 15 is 0 Å². The fourth-order valence-corrected chi connectivity index (χ4v) is 5.69. The third-order valence-electron chi connectivity index (χ3n) is 5.42. The smallest absolute Gasteiger partial charge is 0.416 e. The first-order chi connectivity index (χ1) is 16.7. The highest BCUT2D eigenvalue weighted by molar-refractivity contribution is 7.89. The van der Waals surface area contributed by atoms with Crippen LogP contribution in [0, 0.1) is 0 Å². The first kappa shape index (κ1) is 28.1. The highest BCUT2D eigenvalue weighted by Gasteiger charge is 2.35. The summed E-state index contributed by atoms with van der Waals surface area (Å²) in [5.41, 5.74) is 1.35. The average molecular weight is 547 g/mol. The van der Waals surface area contributed by atoms with Gasteiger partial charge in [-0.3, -0.25) is 4.79 Å². The fourth-order valence-electron chi connectivity index (χ4n) is 3.59. The minimum absolute atomic E-state index is 0.0719. The average Bonchev–Trinajstić information content (AvgIpc) is 2.81. The van der Waals surface area contributed by atoms with Crippen LogP contribution in [-0.2, 0) is 25.5 Å². The molecule has 1 unspecified atom stereocenters. The first-order valence-corrected chi connectivity index (χ1v) is 16.1. The van der Waals surface area contributed by atoms with Crippen molar-refractivity contribution in [1.82, 2.24) is 9.79 Å². The van der Waals surface area contributed by atoms with Gasteiger partial charge in [-0.25, -0.2) is 13.9 Å². The molecule has 0 spiro atoms. The van der Waals surface area contributed by atoms with E-state index in [1.807, 2.05) is 19.6 Å². The zero-order chi connectivity index (χ0) is 26.7. The third-order valence-corrected chi connectivity index (χ3v) is 8.11. The van der Waals surface area contributed by atoms with Gasteiger partial charge >= 0.3 is 6.18 Å². The zero-order valence-electron chi connectivity index (χ0n) is 20.1. The summed E-state index contributed by atoms with van der Waals surface area (Å²) in [6.45, 7) is 5.71. The van der Waals surface area contributed by atoms with Crippen molar-refractivity contribution < 1.29 is 40.8 Å². The van der Waals surface area contributed by atoms with Gasteiger partial charge in [0.25, 0.3) is 5.91 Å². The van der Waals surface area contributed by atoms with Gasteiger partial charge in [0.15, 0.2) is 6.10 Å². The van der Waals surface area contributed by atoms with Crippen LogP contribution in [0.1, 0.15) is 30.1 Å². The van der Waals surface area contributed by atoms with Gasteiger partial charge in [-0.2, -0.15) is 17.5 Å². The van der Waals surface area contributed by atoms with E-state index in [1.54, 1.807) is 0 Å². The Balaban J connectivity index is 1.67. The van der Waals surface area contributed by atoms with Gasteiger partial charge in [-0.1, -0.05) is 18.2 Å². The molecule has 1 atom stereocenters. The fraction of sp³-hybridized carbons (Fsp3) is 0.435. The van der Waals surface area contributed by atoms with Crippen LogP contribution in [0.4, 0.5) is 13.2 Å². The Morgan fingerprint density at radius 3 is 2.22 bits per heavy atom. The number of rotatable bonds is 8. The van der Waals surface area contributed by atoms with Gasteiger partial charge in [0.05, 0.1) is 10.5 Å². The third kappa shape index (κ3) is 7.07. The molecule has 1 aliphatic rings. The maximum absolute atomic E-state index is 13.4. The Hall–Kier alpha value is -2.45. The lowest BCUT2D eigenvalue weighted by molar-refractivity contribution is -0.138. The van der Waals surface area contributed by atoms with Gasteiger partial charge < -0.3 is 14.4 Å². The number of hydrogen-bond donors (Lipinski definition) is 2. The Bertz CT molecular complexity index is 1160. The van der Waals surface area contributed by atoms with Crippen LogP contribution >= 0.6 is 0 Å². The zero-order valence-corrected chi connectivity index (χ0v) is 21.9. The van der Waals surface area contributed by atoms with Gasteiger partial charge in [-0.05, 0) is 62.8 Å². The predicted molar refractivity (Wildman–Crippen MR) is 128 cm³/mol. The molecule has 3 rings (SSSR count). The van der Waals surface area contributed by atoms with Gasteiger partial charge in [0.2, 0.25) is 18.3 Å². The van der Waals surface area contributed by atoms with Crippen molar-refractivity contribution in [3.05, 3.63) is 59.7 Å². The lowest BCUT2D eigenvalue weighted by Crippen LogP contribution is -2.42. The number of benzene rings is 2. The van der Waals surface area contributed by atoms with Crippen LogP contribution < -0.4 is 10.2 Å². The molecule has 1 heterocycles. The standard InChI is InChI=1S/C23H29F3N2O6SSi/c1-36(2,3)34-27-22(30)21(29)19-6-4-5-7-20(19)35(31,32)28-14-12-18(13-15-28)33-17-10-8-16(9-11-17)23(24,25)26/h4-11,18,21,29H,12-15H2,1-3H3,(H,27,30). The number of hydrogen-bond acceptors (Lipinski definition) is 6. The number of nitrogens with one attached hydrogen (secondary N) is 1. The number of aliphatic hydroxyl groups is 1. The van der Waals surface area contributed by atoms with E-state index in [9.17, 15) is 31.5 Å². The summed E-state index contributed by atoms with van der Waals surface area (Å²) >= 11 is 0. The number of hydroxylamine groups is 1. The monoisotopic (exact) mass is 546 g/mol. The summed E-state index contributed by atoms with van der Waals surface area (Å²) in [4.78, 5) is 12.2. The van der Waals surface area contributed by atoms with E-state index in [0.717, 1.165) is 12.1 Å². The van der Waals surface area contributed by atoms with E-state index < -0.39 is 42.1 Å². The van der Waals surface area contributed by atoms with Crippen LogP contribution in [0.15, 0.2) is 53.4 Å². The number of amides is 1. The summed E-state index contributed by atoms with van der Waals surface area (Å²) in [5.74, 6) is -0.604. The number of carbonyl (C=O) groups excluding carboxylic acids is 1. The summed E-state index contributed by atoms with van der Waals surface area (Å²) in [6.07, 6.45) is -5.94. The molecular weight excluding hydrogens is 517 g/mol. The molecule has 13 heteroatoms. The van der Waals surface area contributed by atoms with Crippen molar-refractivity contribution in [3.8, 4) is 5.75 Å². The molecule has 0 radical (unpaired) electrons. The van der Waals surface area contributed by atoms with Gasteiger partial charge in [-0.15, -0.1) is 0 Å². The number of piperidine rings is 1. The number of sulfonamides is 1. The maximum Gasteiger partial charge on any atom is 0.416 e. The van der Waals surface area contributed by atoms with Crippen LogP contribution in [0.3, 0.4) is 0 Å². The topological polar surface area (TPSA) is 105 Å². The number of aliphatic hydroxyl groups excluding tert-OH is 1. The van der Waals surface area contributed by atoms with Gasteiger partial charge in [0.1, 0.15) is 11.9 Å². The number of carbonyl (C=O) groups is 1. The molecule has 1 amide bonds. The molecule has 1 saturated heterocycles. The number of nitrogens with zero attached hydrogens (tertiary/aromatic N) is 1. The number of alkyl halides is 3. The maximum atomic E-state index is 13.4. The lowest BCUT2D eigenvalue weighted by atomic mass is 10.1. The Morgan fingerprint density at radius 1 is 1.08 bits per heavy atom.